The van der Waals surface area contributed by atoms with E-state index in [1.807, 2.05) is 0 Å². The van der Waals surface area contributed by atoms with Crippen LogP contribution < -0.4 is 5.32 Å². The van der Waals surface area contributed by atoms with Crippen molar-refractivity contribution in [1.82, 2.24) is 5.32 Å². The van der Waals surface area contributed by atoms with Crippen molar-refractivity contribution in [2.75, 3.05) is 26.4 Å². The summed E-state index contributed by atoms with van der Waals surface area (Å²) in [6, 6.07) is -0.873. The van der Waals surface area contributed by atoms with Crippen molar-refractivity contribution in [3.63, 3.8) is 0 Å². The molecule has 0 aliphatic carbocycles. The van der Waals surface area contributed by atoms with E-state index in [0.29, 0.717) is 12.8 Å². The molecule has 1 amide bonds. The van der Waals surface area contributed by atoms with Crippen molar-refractivity contribution in [2.24, 2.45) is 0 Å². The number of amides is 1. The minimum absolute atomic E-state index is 0.257. The Morgan fingerprint density at radius 1 is 0.533 bits per heavy atom. The fourth-order valence-electron chi connectivity index (χ4n) is 7.84. The summed E-state index contributed by atoms with van der Waals surface area (Å²) in [4.78, 5) is 13.0. The van der Waals surface area contributed by atoms with Crippen LogP contribution >= 0.6 is 0 Å². The summed E-state index contributed by atoms with van der Waals surface area (Å²) in [6.45, 7) is 1.62. The molecule has 3 rings (SSSR count). The Morgan fingerprint density at radius 2 is 0.950 bits per heavy atom. The van der Waals surface area contributed by atoms with Gasteiger partial charge in [-0.1, -0.05) is 104 Å². The zero-order chi connectivity index (χ0) is 44.2. The SMILES string of the molecule is CCCCCCCCCCCC(O)C(COC1OC(CO)C(OC2OC(CO)C(OC3OC(CO)C(O)C(O)C3O)C(O)C2O)C(O)C1O)NC(=O)CCCCCCCC. The zero-order valence-corrected chi connectivity index (χ0v) is 35.4. The van der Waals surface area contributed by atoms with Gasteiger partial charge in [0, 0.05) is 6.42 Å². The van der Waals surface area contributed by atoms with Crippen LogP contribution in [0.2, 0.25) is 0 Å². The van der Waals surface area contributed by atoms with Crippen molar-refractivity contribution in [1.29, 1.82) is 0 Å². The molecule has 0 aromatic heterocycles. The van der Waals surface area contributed by atoms with Crippen molar-refractivity contribution in [3.05, 3.63) is 0 Å². The van der Waals surface area contributed by atoms with Crippen molar-refractivity contribution in [3.8, 4) is 0 Å². The summed E-state index contributed by atoms with van der Waals surface area (Å²) in [7, 11) is 0. The van der Waals surface area contributed by atoms with Crippen molar-refractivity contribution < 1.29 is 89.4 Å². The molecule has 60 heavy (non-hydrogen) atoms. The Balaban J connectivity index is 1.60. The van der Waals surface area contributed by atoms with Crippen molar-refractivity contribution in [2.45, 2.75) is 227 Å². The molecular formula is C41H77NO18. The lowest BCUT2D eigenvalue weighted by Gasteiger charge is -2.48. The third kappa shape index (κ3) is 16.1. The summed E-state index contributed by atoms with van der Waals surface area (Å²) in [6.07, 6.45) is -9.93. The molecule has 0 spiro atoms. The molecule has 17 atom stereocenters. The van der Waals surface area contributed by atoms with E-state index in [2.05, 4.69) is 19.2 Å². The fourth-order valence-corrected chi connectivity index (χ4v) is 7.84. The quantitative estimate of drug-likeness (QED) is 0.0400. The summed E-state index contributed by atoms with van der Waals surface area (Å²) in [5.41, 5.74) is 0. The number of hydrogen-bond donors (Lipinski definition) is 12. The van der Waals surface area contributed by atoms with E-state index < -0.39 is 124 Å². The number of ether oxygens (including phenoxy) is 6. The van der Waals surface area contributed by atoms with E-state index in [-0.39, 0.29) is 18.9 Å². The first-order chi connectivity index (χ1) is 28.8. The lowest BCUT2D eigenvalue weighted by atomic mass is 9.96. The van der Waals surface area contributed by atoms with Gasteiger partial charge in [-0.15, -0.1) is 0 Å². The van der Waals surface area contributed by atoms with Gasteiger partial charge in [0.15, 0.2) is 18.9 Å². The van der Waals surface area contributed by atoms with E-state index in [0.717, 1.165) is 57.8 Å². The number of rotatable bonds is 29. The Bertz CT molecular complexity index is 1140. The van der Waals surface area contributed by atoms with Gasteiger partial charge < -0.3 is 89.9 Å². The second-order valence-corrected chi connectivity index (χ2v) is 16.5. The fraction of sp³-hybridized carbons (Fsp3) is 0.976. The third-order valence-corrected chi connectivity index (χ3v) is 11.7. The highest BCUT2D eigenvalue weighted by Gasteiger charge is 2.53. The molecule has 3 heterocycles. The van der Waals surface area contributed by atoms with Gasteiger partial charge in [0.25, 0.3) is 0 Å². The average molecular weight is 872 g/mol. The lowest BCUT2D eigenvalue weighted by Crippen LogP contribution is -2.66. The molecule has 0 saturated carbocycles. The van der Waals surface area contributed by atoms with E-state index in [4.69, 9.17) is 28.4 Å². The van der Waals surface area contributed by atoms with Gasteiger partial charge in [0.05, 0.1) is 38.6 Å². The first-order valence-electron chi connectivity index (χ1n) is 22.3. The number of aliphatic hydroxyl groups is 11. The largest absolute Gasteiger partial charge is 0.394 e. The molecule has 354 valence electrons. The second kappa shape index (κ2) is 28.6. The number of carbonyl (C=O) groups is 1. The number of carbonyl (C=O) groups excluding carboxylic acids is 1. The smallest absolute Gasteiger partial charge is 0.220 e. The molecule has 0 bridgehead atoms. The predicted molar refractivity (Wildman–Crippen MR) is 213 cm³/mol. The standard InChI is InChI=1S/C41H77NO18/c1-3-5-7-9-11-12-13-14-16-18-25(46)24(42-29(47)19-17-15-10-8-6-4-2)23-55-39-35(53)32(50)37(27(21-44)57-39)60-41-36(54)33(51)38(28(22-45)58-41)59-40-34(52)31(49)30(48)26(20-43)56-40/h24-28,30-41,43-46,48-54H,3-23H2,1-2H3,(H,42,47). The summed E-state index contributed by atoms with van der Waals surface area (Å²) < 4.78 is 33.9. The summed E-state index contributed by atoms with van der Waals surface area (Å²) in [5.74, 6) is -0.257. The maximum Gasteiger partial charge on any atom is 0.220 e. The summed E-state index contributed by atoms with van der Waals surface area (Å²) in [5, 5.41) is 119. The maximum atomic E-state index is 13.0. The summed E-state index contributed by atoms with van der Waals surface area (Å²) >= 11 is 0. The molecule has 17 unspecified atom stereocenters. The van der Waals surface area contributed by atoms with E-state index >= 15 is 0 Å². The molecule has 19 heteroatoms. The Labute approximate surface area is 353 Å². The van der Waals surface area contributed by atoms with Gasteiger partial charge in [-0.05, 0) is 12.8 Å². The molecule has 3 aliphatic heterocycles. The van der Waals surface area contributed by atoms with Gasteiger partial charge in [0.1, 0.15) is 73.2 Å². The van der Waals surface area contributed by atoms with Crippen LogP contribution in [0.15, 0.2) is 0 Å². The Kier molecular flexibility index (Phi) is 25.3. The van der Waals surface area contributed by atoms with Crippen LogP contribution in [0.3, 0.4) is 0 Å². The van der Waals surface area contributed by atoms with Gasteiger partial charge >= 0.3 is 0 Å². The number of unbranched alkanes of at least 4 members (excludes halogenated alkanes) is 13. The zero-order valence-electron chi connectivity index (χ0n) is 35.4. The van der Waals surface area contributed by atoms with E-state index in [1.54, 1.807) is 0 Å². The van der Waals surface area contributed by atoms with Crippen molar-refractivity contribution >= 4 is 5.91 Å². The highest BCUT2D eigenvalue weighted by atomic mass is 16.8. The molecule has 3 aliphatic rings. The monoisotopic (exact) mass is 872 g/mol. The topological polar surface area (TPSA) is 307 Å². The Morgan fingerprint density at radius 3 is 1.45 bits per heavy atom. The van der Waals surface area contributed by atoms with Crippen LogP contribution in [0.25, 0.3) is 0 Å². The normalized spacial score (nSPS) is 35.9. The minimum Gasteiger partial charge on any atom is -0.394 e. The number of nitrogens with one attached hydrogen (secondary N) is 1. The first-order valence-corrected chi connectivity index (χ1v) is 22.3. The first kappa shape index (κ1) is 53.1. The molecule has 12 N–H and O–H groups in total. The third-order valence-electron chi connectivity index (χ3n) is 11.7. The van der Waals surface area contributed by atoms with E-state index in [1.165, 1.54) is 32.1 Å². The van der Waals surface area contributed by atoms with Crippen LogP contribution in [0.4, 0.5) is 0 Å². The Hall–Kier alpha value is -1.21. The molecule has 0 aromatic rings. The average Bonchev–Trinajstić information content (AvgIpc) is 3.24. The van der Waals surface area contributed by atoms with Crippen LogP contribution in [0.1, 0.15) is 123 Å². The highest BCUT2D eigenvalue weighted by molar-refractivity contribution is 5.76. The molecule has 19 nitrogen and oxygen atoms in total. The second-order valence-electron chi connectivity index (χ2n) is 16.5. The number of aliphatic hydroxyl groups excluding tert-OH is 11. The molecular weight excluding hydrogens is 794 g/mol. The number of hydrogen-bond acceptors (Lipinski definition) is 18. The maximum absolute atomic E-state index is 13.0. The van der Waals surface area contributed by atoms with Crippen LogP contribution in [0, 0.1) is 0 Å². The van der Waals surface area contributed by atoms with E-state index in [9.17, 15) is 61.0 Å². The van der Waals surface area contributed by atoms with Crippen LogP contribution in [-0.2, 0) is 33.2 Å². The van der Waals surface area contributed by atoms with Crippen LogP contribution in [-0.4, -0.2) is 193 Å². The minimum atomic E-state index is -1.96. The molecule has 3 saturated heterocycles. The van der Waals surface area contributed by atoms with Crippen LogP contribution in [0.5, 0.6) is 0 Å². The molecule has 0 radical (unpaired) electrons. The van der Waals surface area contributed by atoms with Gasteiger partial charge in [-0.2, -0.15) is 0 Å². The van der Waals surface area contributed by atoms with Gasteiger partial charge in [0.2, 0.25) is 5.91 Å². The lowest BCUT2D eigenvalue weighted by molar-refractivity contribution is -0.379. The van der Waals surface area contributed by atoms with Gasteiger partial charge in [-0.3, -0.25) is 4.79 Å². The predicted octanol–water partition coefficient (Wildman–Crippen LogP) is -1.03. The molecule has 3 fully saturated rings. The molecule has 0 aromatic carbocycles. The highest BCUT2D eigenvalue weighted by Crippen LogP contribution is 2.33. The van der Waals surface area contributed by atoms with Gasteiger partial charge in [-0.25, -0.2) is 0 Å².